The SMILES string of the molecule is CCOc1c(Br)cc(CNn2c(-c3ccncc3)n[nH]c2=S)cc1Br. The summed E-state index contributed by atoms with van der Waals surface area (Å²) >= 11 is 12.4. The van der Waals surface area contributed by atoms with Crippen molar-refractivity contribution in [3.05, 3.63) is 55.9 Å². The Morgan fingerprint density at radius 3 is 2.56 bits per heavy atom. The Hall–Kier alpha value is -1.71. The molecule has 0 saturated heterocycles. The fourth-order valence-electron chi connectivity index (χ4n) is 2.31. The number of aromatic amines is 1. The van der Waals surface area contributed by atoms with Crippen molar-refractivity contribution in [2.45, 2.75) is 13.5 Å². The highest BCUT2D eigenvalue weighted by atomic mass is 79.9. The summed E-state index contributed by atoms with van der Waals surface area (Å²) in [6.45, 7) is 3.12. The van der Waals surface area contributed by atoms with E-state index in [0.29, 0.717) is 23.7 Å². The highest BCUT2D eigenvalue weighted by Crippen LogP contribution is 2.34. The largest absolute Gasteiger partial charge is 0.492 e. The van der Waals surface area contributed by atoms with Gasteiger partial charge in [-0.3, -0.25) is 4.98 Å². The zero-order valence-corrected chi connectivity index (χ0v) is 17.3. The summed E-state index contributed by atoms with van der Waals surface area (Å²) in [7, 11) is 0. The highest BCUT2D eigenvalue weighted by Gasteiger charge is 2.11. The summed E-state index contributed by atoms with van der Waals surface area (Å²) in [6.07, 6.45) is 3.44. The molecule has 2 aromatic heterocycles. The van der Waals surface area contributed by atoms with E-state index in [-0.39, 0.29) is 0 Å². The minimum absolute atomic E-state index is 0.496. The van der Waals surface area contributed by atoms with Crippen LogP contribution in [0.1, 0.15) is 12.5 Å². The number of benzene rings is 1. The Morgan fingerprint density at radius 2 is 1.92 bits per heavy atom. The number of nitrogens with zero attached hydrogens (tertiary/aromatic N) is 3. The molecule has 3 aromatic rings. The second kappa shape index (κ2) is 8.11. The number of nitrogens with one attached hydrogen (secondary N) is 2. The average Bonchev–Trinajstić information content (AvgIpc) is 2.98. The van der Waals surface area contributed by atoms with Crippen molar-refractivity contribution in [2.24, 2.45) is 0 Å². The van der Waals surface area contributed by atoms with Gasteiger partial charge in [0.15, 0.2) is 5.82 Å². The normalized spacial score (nSPS) is 10.7. The maximum absolute atomic E-state index is 5.61. The second-order valence-corrected chi connectivity index (χ2v) is 7.18. The van der Waals surface area contributed by atoms with Crippen LogP contribution in [-0.2, 0) is 6.54 Å². The van der Waals surface area contributed by atoms with E-state index >= 15 is 0 Å². The summed E-state index contributed by atoms with van der Waals surface area (Å²) in [5, 5.41) is 7.10. The second-order valence-electron chi connectivity index (χ2n) is 5.08. The van der Waals surface area contributed by atoms with E-state index < -0.39 is 0 Å². The van der Waals surface area contributed by atoms with Crippen LogP contribution in [0.25, 0.3) is 11.4 Å². The predicted octanol–water partition coefficient (Wildman–Crippen LogP) is 4.67. The van der Waals surface area contributed by atoms with Crippen LogP contribution in [0.3, 0.4) is 0 Å². The van der Waals surface area contributed by atoms with E-state index in [1.165, 1.54) is 0 Å². The van der Waals surface area contributed by atoms with Gasteiger partial charge in [0.25, 0.3) is 0 Å². The Kier molecular flexibility index (Phi) is 5.87. The number of ether oxygens (including phenoxy) is 1. The molecule has 0 atom stereocenters. The molecule has 0 radical (unpaired) electrons. The molecule has 25 heavy (non-hydrogen) atoms. The van der Waals surface area contributed by atoms with Crippen LogP contribution in [0.5, 0.6) is 5.75 Å². The smallest absolute Gasteiger partial charge is 0.214 e. The Labute approximate surface area is 166 Å². The first-order chi connectivity index (χ1) is 12.1. The van der Waals surface area contributed by atoms with Crippen molar-refractivity contribution in [2.75, 3.05) is 12.0 Å². The molecule has 0 bridgehead atoms. The van der Waals surface area contributed by atoms with Crippen LogP contribution in [0.2, 0.25) is 0 Å². The Balaban J connectivity index is 1.83. The van der Waals surface area contributed by atoms with Crippen LogP contribution in [0.4, 0.5) is 0 Å². The third-order valence-electron chi connectivity index (χ3n) is 3.40. The average molecular weight is 485 g/mol. The van der Waals surface area contributed by atoms with Gasteiger partial charge in [-0.25, -0.2) is 9.77 Å². The summed E-state index contributed by atoms with van der Waals surface area (Å²) in [4.78, 5) is 4.03. The van der Waals surface area contributed by atoms with Gasteiger partial charge in [0.05, 0.1) is 22.1 Å². The third-order valence-corrected chi connectivity index (χ3v) is 4.85. The van der Waals surface area contributed by atoms with E-state index in [0.717, 1.165) is 25.8 Å². The maximum atomic E-state index is 5.61. The molecule has 0 amide bonds. The van der Waals surface area contributed by atoms with Crippen molar-refractivity contribution in [1.29, 1.82) is 0 Å². The molecule has 0 aliphatic carbocycles. The van der Waals surface area contributed by atoms with E-state index in [1.54, 1.807) is 17.1 Å². The lowest BCUT2D eigenvalue weighted by molar-refractivity contribution is 0.336. The van der Waals surface area contributed by atoms with Gasteiger partial charge in [-0.2, -0.15) is 5.10 Å². The summed E-state index contributed by atoms with van der Waals surface area (Å²) in [5.41, 5.74) is 5.28. The quantitative estimate of drug-likeness (QED) is 0.497. The predicted molar refractivity (Wildman–Crippen MR) is 107 cm³/mol. The first-order valence-electron chi connectivity index (χ1n) is 7.52. The minimum Gasteiger partial charge on any atom is -0.492 e. The molecule has 3 rings (SSSR count). The number of hydrogen-bond donors (Lipinski definition) is 2. The van der Waals surface area contributed by atoms with Gasteiger partial charge in [0, 0.05) is 18.0 Å². The molecule has 0 spiro atoms. The van der Waals surface area contributed by atoms with Gasteiger partial charge in [-0.05, 0) is 80.8 Å². The van der Waals surface area contributed by atoms with Gasteiger partial charge < -0.3 is 10.2 Å². The molecule has 9 heteroatoms. The molecule has 0 aliphatic rings. The van der Waals surface area contributed by atoms with E-state index in [2.05, 4.69) is 52.5 Å². The maximum Gasteiger partial charge on any atom is 0.214 e. The first kappa shape index (κ1) is 18.1. The number of aromatic nitrogens is 4. The zero-order valence-electron chi connectivity index (χ0n) is 13.3. The van der Waals surface area contributed by atoms with Gasteiger partial charge >= 0.3 is 0 Å². The molecular formula is C16H15Br2N5OS. The van der Waals surface area contributed by atoms with Crippen molar-refractivity contribution in [3.63, 3.8) is 0 Å². The highest BCUT2D eigenvalue weighted by molar-refractivity contribution is 9.11. The number of hydrogen-bond acceptors (Lipinski definition) is 5. The minimum atomic E-state index is 0.496. The van der Waals surface area contributed by atoms with Crippen molar-refractivity contribution < 1.29 is 4.74 Å². The Bertz CT molecular complexity index is 903. The standard InChI is InChI=1S/C16H15Br2N5OS/c1-2-24-14-12(17)7-10(8-13(14)18)9-20-23-15(21-22-16(23)25)11-3-5-19-6-4-11/h3-8,20H,2,9H2,1H3,(H,22,25). The fourth-order valence-corrected chi connectivity index (χ4v) is 4.01. The number of rotatable bonds is 6. The molecule has 6 nitrogen and oxygen atoms in total. The summed E-state index contributed by atoms with van der Waals surface area (Å²) < 4.78 is 9.65. The van der Waals surface area contributed by atoms with Gasteiger partial charge in [-0.15, -0.1) is 0 Å². The lowest BCUT2D eigenvalue weighted by Crippen LogP contribution is -2.16. The van der Waals surface area contributed by atoms with Crippen molar-refractivity contribution >= 4 is 44.1 Å². The molecule has 1 aromatic carbocycles. The van der Waals surface area contributed by atoms with Gasteiger partial charge in [0.2, 0.25) is 4.77 Å². The van der Waals surface area contributed by atoms with Gasteiger partial charge in [-0.1, -0.05) is 0 Å². The summed E-state index contributed by atoms with van der Waals surface area (Å²) in [6, 6.07) is 7.79. The van der Waals surface area contributed by atoms with Gasteiger partial charge in [0.1, 0.15) is 5.75 Å². The number of pyridine rings is 1. The lowest BCUT2D eigenvalue weighted by atomic mass is 10.2. The van der Waals surface area contributed by atoms with Crippen LogP contribution in [-0.4, -0.2) is 26.5 Å². The topological polar surface area (TPSA) is 67.8 Å². The van der Waals surface area contributed by atoms with Crippen LogP contribution >= 0.6 is 44.1 Å². The lowest BCUT2D eigenvalue weighted by Gasteiger charge is -2.13. The molecule has 0 unspecified atom stereocenters. The van der Waals surface area contributed by atoms with Crippen molar-refractivity contribution in [3.8, 4) is 17.1 Å². The molecule has 0 saturated carbocycles. The Morgan fingerprint density at radius 1 is 1.24 bits per heavy atom. The molecule has 0 aliphatic heterocycles. The number of halogens is 2. The van der Waals surface area contributed by atoms with E-state index in [1.807, 2.05) is 31.2 Å². The number of H-pyrrole nitrogens is 1. The van der Waals surface area contributed by atoms with E-state index in [4.69, 9.17) is 17.0 Å². The molecule has 2 heterocycles. The third kappa shape index (κ3) is 4.10. The van der Waals surface area contributed by atoms with Crippen LogP contribution < -0.4 is 10.2 Å². The molecule has 0 fully saturated rings. The summed E-state index contributed by atoms with van der Waals surface area (Å²) in [5.74, 6) is 1.50. The zero-order chi connectivity index (χ0) is 17.8. The van der Waals surface area contributed by atoms with Crippen LogP contribution in [0.15, 0.2) is 45.6 Å². The first-order valence-corrected chi connectivity index (χ1v) is 9.52. The van der Waals surface area contributed by atoms with Crippen LogP contribution in [0, 0.1) is 4.77 Å². The van der Waals surface area contributed by atoms with E-state index in [9.17, 15) is 0 Å². The molecular weight excluding hydrogens is 470 g/mol. The molecule has 2 N–H and O–H groups in total. The molecule has 130 valence electrons. The monoisotopic (exact) mass is 483 g/mol. The van der Waals surface area contributed by atoms with Crippen molar-refractivity contribution in [1.82, 2.24) is 19.9 Å². The fraction of sp³-hybridized carbons (Fsp3) is 0.188.